The molecule has 1 saturated heterocycles. The van der Waals surface area contributed by atoms with Gasteiger partial charge in [-0.3, -0.25) is 9.69 Å². The van der Waals surface area contributed by atoms with Gasteiger partial charge < -0.3 is 23.9 Å². The van der Waals surface area contributed by atoms with Crippen LogP contribution in [-0.4, -0.2) is 51.3 Å². The van der Waals surface area contributed by atoms with Crippen LogP contribution in [0.15, 0.2) is 47.1 Å². The van der Waals surface area contributed by atoms with E-state index in [1.54, 1.807) is 37.7 Å². The predicted molar refractivity (Wildman–Crippen MR) is 119 cm³/mol. The van der Waals surface area contributed by atoms with Crippen molar-refractivity contribution in [2.45, 2.75) is 13.0 Å². The Balaban J connectivity index is 1.77. The van der Waals surface area contributed by atoms with Gasteiger partial charge in [0.1, 0.15) is 16.5 Å². The Labute approximate surface area is 185 Å². The van der Waals surface area contributed by atoms with Crippen molar-refractivity contribution in [1.29, 1.82) is 0 Å². The first kappa shape index (κ1) is 21.4. The molecule has 31 heavy (non-hydrogen) atoms. The first-order chi connectivity index (χ1) is 15.1. The van der Waals surface area contributed by atoms with Gasteiger partial charge in [-0.2, -0.15) is 0 Å². The molecule has 2 aromatic heterocycles. The van der Waals surface area contributed by atoms with Gasteiger partial charge in [-0.25, -0.2) is 0 Å². The molecule has 0 bridgehead atoms. The fraction of sp³-hybridized carbons (Fsp3) is 0.348. The fourth-order valence-corrected chi connectivity index (χ4v) is 4.79. The molecular weight excluding hydrogens is 416 g/mol. The Morgan fingerprint density at radius 3 is 2.61 bits per heavy atom. The smallest absolute Gasteiger partial charge is 0.291 e. The van der Waals surface area contributed by atoms with Crippen LogP contribution in [0.2, 0.25) is 0 Å². The molecule has 7 nitrogen and oxygen atoms in total. The van der Waals surface area contributed by atoms with E-state index in [4.69, 9.17) is 18.6 Å². The molecule has 1 aliphatic rings. The molecule has 1 amide bonds. The van der Waals surface area contributed by atoms with Crippen LogP contribution in [0.25, 0.3) is 0 Å². The van der Waals surface area contributed by atoms with Crippen molar-refractivity contribution < 1.29 is 23.4 Å². The number of anilines is 1. The number of carbonyl (C=O) groups excluding carboxylic acids is 1. The zero-order valence-corrected chi connectivity index (χ0v) is 18.7. The predicted octanol–water partition coefficient (Wildman–Crippen LogP) is 4.34. The van der Waals surface area contributed by atoms with Crippen molar-refractivity contribution in [3.05, 3.63) is 64.4 Å². The first-order valence-corrected chi connectivity index (χ1v) is 10.9. The molecule has 0 radical (unpaired) electrons. The van der Waals surface area contributed by atoms with Gasteiger partial charge in [0.15, 0.2) is 5.76 Å². The molecule has 8 heteroatoms. The number of aryl methyl sites for hydroxylation is 1. The van der Waals surface area contributed by atoms with Gasteiger partial charge in [0.2, 0.25) is 0 Å². The number of carbonyl (C=O) groups is 1. The van der Waals surface area contributed by atoms with E-state index >= 15 is 0 Å². The number of furan rings is 1. The van der Waals surface area contributed by atoms with E-state index in [9.17, 15) is 4.79 Å². The highest BCUT2D eigenvalue weighted by molar-refractivity contribution is 7.16. The summed E-state index contributed by atoms with van der Waals surface area (Å²) in [5.74, 6) is 1.48. The number of rotatable bonds is 7. The second-order valence-corrected chi connectivity index (χ2v) is 8.49. The molecule has 4 rings (SSSR count). The molecular formula is C23H26N2O5S. The molecule has 0 saturated carbocycles. The standard InChI is InChI=1S/C23H26N2O5S/c1-15-13-18(23(31-15)24-22(26)19-5-4-10-30-19)21(25-8-11-29-12-9-25)17-7-6-16(27-2)14-20(17)28-3/h4-7,10,13-14,21H,8-9,11-12H2,1-3H3,(H,24,26). The number of hydrogen-bond donors (Lipinski definition) is 1. The van der Waals surface area contributed by atoms with Crippen LogP contribution in [-0.2, 0) is 4.74 Å². The van der Waals surface area contributed by atoms with E-state index in [1.165, 1.54) is 6.26 Å². The van der Waals surface area contributed by atoms with Crippen molar-refractivity contribution in [2.75, 3.05) is 45.8 Å². The summed E-state index contributed by atoms with van der Waals surface area (Å²) in [5, 5.41) is 3.84. The lowest BCUT2D eigenvalue weighted by molar-refractivity contribution is 0.0237. The molecule has 1 aliphatic heterocycles. The van der Waals surface area contributed by atoms with Crippen molar-refractivity contribution in [1.82, 2.24) is 4.90 Å². The molecule has 1 atom stereocenters. The number of methoxy groups -OCH3 is 2. The van der Waals surface area contributed by atoms with E-state index in [0.29, 0.717) is 13.2 Å². The van der Waals surface area contributed by atoms with Crippen molar-refractivity contribution in [3.63, 3.8) is 0 Å². The number of hydrogen-bond acceptors (Lipinski definition) is 7. The van der Waals surface area contributed by atoms with E-state index < -0.39 is 0 Å². The maximum Gasteiger partial charge on any atom is 0.291 e. The van der Waals surface area contributed by atoms with Crippen LogP contribution in [0.5, 0.6) is 11.5 Å². The molecule has 1 aromatic carbocycles. The number of thiophene rings is 1. The number of nitrogens with one attached hydrogen (secondary N) is 1. The summed E-state index contributed by atoms with van der Waals surface area (Å²) in [6, 6.07) is 11.2. The normalized spacial score (nSPS) is 15.5. The van der Waals surface area contributed by atoms with E-state index in [-0.39, 0.29) is 17.7 Å². The van der Waals surface area contributed by atoms with Gasteiger partial charge in [-0.1, -0.05) is 0 Å². The zero-order valence-electron chi connectivity index (χ0n) is 17.8. The number of benzene rings is 1. The lowest BCUT2D eigenvalue weighted by Crippen LogP contribution is -2.39. The minimum Gasteiger partial charge on any atom is -0.497 e. The number of morpholine rings is 1. The van der Waals surface area contributed by atoms with Crippen molar-refractivity contribution >= 4 is 22.2 Å². The summed E-state index contributed by atoms with van der Waals surface area (Å²) in [4.78, 5) is 16.2. The Bertz CT molecular complexity index is 1020. The van der Waals surface area contributed by atoms with Gasteiger partial charge in [0.25, 0.3) is 5.91 Å². The molecule has 0 spiro atoms. The van der Waals surface area contributed by atoms with Crippen molar-refractivity contribution in [2.24, 2.45) is 0 Å². The summed E-state index contributed by atoms with van der Waals surface area (Å²) in [5.41, 5.74) is 2.03. The number of ether oxygens (including phenoxy) is 3. The average molecular weight is 443 g/mol. The highest BCUT2D eigenvalue weighted by Crippen LogP contribution is 2.43. The Kier molecular flexibility index (Phi) is 6.60. The van der Waals surface area contributed by atoms with E-state index in [1.807, 2.05) is 25.1 Å². The minimum absolute atomic E-state index is 0.110. The zero-order chi connectivity index (χ0) is 21.8. The average Bonchev–Trinajstić information content (AvgIpc) is 3.45. The van der Waals surface area contributed by atoms with E-state index in [0.717, 1.165) is 45.6 Å². The molecule has 164 valence electrons. The lowest BCUT2D eigenvalue weighted by atomic mass is 9.96. The largest absolute Gasteiger partial charge is 0.497 e. The third kappa shape index (κ3) is 4.61. The maximum atomic E-state index is 12.7. The molecule has 3 aromatic rings. The van der Waals surface area contributed by atoms with Crippen LogP contribution in [0, 0.1) is 6.92 Å². The van der Waals surface area contributed by atoms with Crippen molar-refractivity contribution in [3.8, 4) is 11.5 Å². The van der Waals surface area contributed by atoms with E-state index in [2.05, 4.69) is 16.3 Å². The first-order valence-electron chi connectivity index (χ1n) is 10.1. The summed E-state index contributed by atoms with van der Waals surface area (Å²) in [6.45, 7) is 4.91. The number of amides is 1. The van der Waals surface area contributed by atoms with Gasteiger partial charge in [0.05, 0.1) is 39.7 Å². The third-order valence-electron chi connectivity index (χ3n) is 5.30. The summed E-state index contributed by atoms with van der Waals surface area (Å²) < 4.78 is 22.0. The highest BCUT2D eigenvalue weighted by atomic mass is 32.1. The van der Waals surface area contributed by atoms with Gasteiger partial charge in [-0.15, -0.1) is 11.3 Å². The summed E-state index contributed by atoms with van der Waals surface area (Å²) >= 11 is 1.55. The van der Waals surface area contributed by atoms with Crippen LogP contribution < -0.4 is 14.8 Å². The van der Waals surface area contributed by atoms with Crippen LogP contribution in [0.4, 0.5) is 5.00 Å². The quantitative estimate of drug-likeness (QED) is 0.587. The monoisotopic (exact) mass is 442 g/mol. The lowest BCUT2D eigenvalue weighted by Gasteiger charge is -2.35. The minimum atomic E-state index is -0.268. The molecule has 3 heterocycles. The molecule has 1 N–H and O–H groups in total. The highest BCUT2D eigenvalue weighted by Gasteiger charge is 2.31. The fourth-order valence-electron chi connectivity index (χ4n) is 3.85. The Morgan fingerprint density at radius 2 is 1.94 bits per heavy atom. The topological polar surface area (TPSA) is 73.2 Å². The van der Waals surface area contributed by atoms with Gasteiger partial charge in [-0.05, 0) is 37.3 Å². The van der Waals surface area contributed by atoms with Crippen LogP contribution >= 0.6 is 11.3 Å². The van der Waals surface area contributed by atoms with Crippen LogP contribution in [0.3, 0.4) is 0 Å². The second-order valence-electron chi connectivity index (χ2n) is 7.23. The Hall–Kier alpha value is -2.81. The molecule has 0 aliphatic carbocycles. The SMILES string of the molecule is COc1ccc(C(c2cc(C)sc2NC(=O)c2ccco2)N2CCOCC2)c(OC)c1. The summed E-state index contributed by atoms with van der Waals surface area (Å²) in [7, 11) is 3.30. The van der Waals surface area contributed by atoms with Crippen LogP contribution in [0.1, 0.15) is 32.6 Å². The molecule has 1 fully saturated rings. The molecule has 1 unspecified atom stereocenters. The summed E-state index contributed by atoms with van der Waals surface area (Å²) in [6.07, 6.45) is 1.49. The number of nitrogens with zero attached hydrogens (tertiary/aromatic N) is 1. The van der Waals surface area contributed by atoms with Gasteiger partial charge in [0, 0.05) is 35.2 Å². The Morgan fingerprint density at radius 1 is 1.13 bits per heavy atom. The van der Waals surface area contributed by atoms with Gasteiger partial charge >= 0.3 is 0 Å². The third-order valence-corrected chi connectivity index (χ3v) is 6.28. The maximum absolute atomic E-state index is 12.7. The second kappa shape index (κ2) is 9.55.